The molecule has 3 aliphatic rings. The highest BCUT2D eigenvalue weighted by atomic mass is 16.7. The maximum atomic E-state index is 5.89. The lowest BCUT2D eigenvalue weighted by atomic mass is 9.73. The molecule has 0 saturated heterocycles. The third kappa shape index (κ3) is 3.42. The summed E-state index contributed by atoms with van der Waals surface area (Å²) in [5.41, 5.74) is 9.43. The fraction of sp³-hybridized carbons (Fsp3) is 0.182. The van der Waals surface area contributed by atoms with Crippen LogP contribution in [0.25, 0.3) is 16.7 Å². The van der Waals surface area contributed by atoms with Crippen LogP contribution in [0.5, 0.6) is 23.0 Å². The van der Waals surface area contributed by atoms with Gasteiger partial charge in [0.25, 0.3) is 0 Å². The monoisotopic (exact) mass is 502 g/mol. The fourth-order valence-electron chi connectivity index (χ4n) is 6.10. The molecule has 2 aliphatic heterocycles. The average Bonchev–Trinajstić information content (AvgIpc) is 3.46. The van der Waals surface area contributed by atoms with E-state index in [-0.39, 0.29) is 18.8 Å². The molecule has 0 fully saturated rings. The molecular weight excluding hydrogens is 474 g/mol. The Morgan fingerprint density at radius 2 is 1.47 bits per heavy atom. The Kier molecular flexibility index (Phi) is 5.25. The van der Waals surface area contributed by atoms with Gasteiger partial charge in [-0.05, 0) is 51.6 Å². The van der Waals surface area contributed by atoms with Crippen LogP contribution in [0.3, 0.4) is 0 Å². The second kappa shape index (κ2) is 8.80. The number of fused-ring (bicyclic) bond motifs is 7. The Labute approximate surface area is 222 Å². The van der Waals surface area contributed by atoms with Crippen LogP contribution in [0.2, 0.25) is 0 Å². The number of hydrogen-bond acceptors (Lipinski definition) is 4. The lowest BCUT2D eigenvalue weighted by Crippen LogP contribution is -2.31. The van der Waals surface area contributed by atoms with Gasteiger partial charge in [-0.25, -0.2) is 4.58 Å². The van der Waals surface area contributed by atoms with Gasteiger partial charge in [0.05, 0.1) is 25.7 Å². The molecule has 0 N–H and O–H groups in total. The molecule has 0 amide bonds. The van der Waals surface area contributed by atoms with Crippen molar-refractivity contribution in [3.63, 3.8) is 0 Å². The Balaban J connectivity index is 1.42. The highest BCUT2D eigenvalue weighted by Gasteiger charge is 2.43. The predicted molar refractivity (Wildman–Crippen MR) is 148 cm³/mol. The van der Waals surface area contributed by atoms with Crippen molar-refractivity contribution >= 4 is 11.8 Å². The number of nitrogens with zero attached hydrogens (tertiary/aromatic N) is 1. The molecule has 0 aromatic heterocycles. The number of benzene rings is 4. The lowest BCUT2D eigenvalue weighted by molar-refractivity contribution is -0.544. The molecule has 4 aromatic carbocycles. The Morgan fingerprint density at radius 3 is 2.24 bits per heavy atom. The maximum absolute atomic E-state index is 5.89. The zero-order valence-electron chi connectivity index (χ0n) is 21.6. The van der Waals surface area contributed by atoms with Crippen LogP contribution in [-0.2, 0) is 0 Å². The van der Waals surface area contributed by atoms with Gasteiger partial charge < -0.3 is 18.9 Å². The van der Waals surface area contributed by atoms with E-state index in [1.165, 1.54) is 27.8 Å². The van der Waals surface area contributed by atoms with E-state index in [0.717, 1.165) is 39.7 Å². The summed E-state index contributed by atoms with van der Waals surface area (Å²) in [6.45, 7) is 0.256. The standard InChI is InChI=1S/C33H28NO4/c1-34-18-28-23(13-14-29-33(28)38-19-37-29)26-15-24(22-11-9-21(10-12-22)20-7-5-4-6-8-20)25-16-30(35-2)31(36-3)17-27(25)32(26)34/h4-18,26,32H,19H2,1-3H3/q+1. The molecular formula is C33H28NO4+. The molecule has 0 radical (unpaired) electrons. The summed E-state index contributed by atoms with van der Waals surface area (Å²) >= 11 is 0. The van der Waals surface area contributed by atoms with Gasteiger partial charge in [0.15, 0.2) is 35.3 Å². The predicted octanol–water partition coefficient (Wildman–Crippen LogP) is 6.44. The van der Waals surface area contributed by atoms with E-state index in [1.807, 2.05) is 12.1 Å². The summed E-state index contributed by atoms with van der Waals surface area (Å²) in [5.74, 6) is 3.20. The molecule has 0 bridgehead atoms. The van der Waals surface area contributed by atoms with E-state index < -0.39 is 0 Å². The summed E-state index contributed by atoms with van der Waals surface area (Å²) < 4.78 is 25.3. The van der Waals surface area contributed by atoms with Gasteiger partial charge in [-0.1, -0.05) is 66.7 Å². The highest BCUT2D eigenvalue weighted by Crippen LogP contribution is 2.52. The first kappa shape index (κ1) is 22.7. The van der Waals surface area contributed by atoms with E-state index in [2.05, 4.69) is 90.6 Å². The van der Waals surface area contributed by atoms with E-state index in [1.54, 1.807) is 14.2 Å². The zero-order chi connectivity index (χ0) is 25.8. The van der Waals surface area contributed by atoms with Gasteiger partial charge >= 0.3 is 0 Å². The summed E-state index contributed by atoms with van der Waals surface area (Å²) in [6, 6.07) is 27.9. The van der Waals surface area contributed by atoms with Crippen LogP contribution in [0.15, 0.2) is 84.9 Å². The van der Waals surface area contributed by atoms with Crippen molar-refractivity contribution in [3.05, 3.63) is 113 Å². The van der Waals surface area contributed by atoms with Crippen LogP contribution < -0.4 is 18.9 Å². The molecule has 2 unspecified atom stereocenters. The summed E-state index contributed by atoms with van der Waals surface area (Å²) in [4.78, 5) is 0. The first-order valence-electron chi connectivity index (χ1n) is 12.8. The Hall–Kier alpha value is -4.51. The van der Waals surface area contributed by atoms with Crippen molar-refractivity contribution in [2.45, 2.75) is 12.0 Å². The van der Waals surface area contributed by atoms with Crippen molar-refractivity contribution in [3.8, 4) is 34.1 Å². The van der Waals surface area contributed by atoms with Gasteiger partial charge in [-0.15, -0.1) is 0 Å². The third-order valence-corrected chi connectivity index (χ3v) is 7.90. The Bertz CT molecular complexity index is 1620. The lowest BCUT2D eigenvalue weighted by Gasteiger charge is -2.34. The minimum Gasteiger partial charge on any atom is -0.493 e. The molecule has 4 aromatic rings. The summed E-state index contributed by atoms with van der Waals surface area (Å²) in [7, 11) is 5.51. The first-order valence-corrected chi connectivity index (χ1v) is 12.8. The molecule has 5 heteroatoms. The molecule has 1 aliphatic carbocycles. The van der Waals surface area contributed by atoms with Crippen LogP contribution in [0.4, 0.5) is 0 Å². The number of methoxy groups -OCH3 is 2. The molecule has 2 heterocycles. The highest BCUT2D eigenvalue weighted by molar-refractivity contribution is 5.90. The van der Waals surface area contributed by atoms with Gasteiger partial charge in [0, 0.05) is 5.56 Å². The molecule has 5 nitrogen and oxygen atoms in total. The average molecular weight is 503 g/mol. The molecule has 0 saturated carbocycles. The smallest absolute Gasteiger partial charge is 0.231 e. The number of likely N-dealkylation sites (N-methyl/N-ethyl adjacent to an activating group) is 1. The van der Waals surface area contributed by atoms with Crippen LogP contribution in [0, 0.1) is 0 Å². The third-order valence-electron chi connectivity index (χ3n) is 7.90. The molecule has 7 rings (SSSR count). The minimum absolute atomic E-state index is 0.102. The van der Waals surface area contributed by atoms with Gasteiger partial charge in [-0.3, -0.25) is 0 Å². The maximum Gasteiger partial charge on any atom is 0.231 e. The number of rotatable bonds is 4. The van der Waals surface area contributed by atoms with Crippen LogP contribution in [-0.4, -0.2) is 38.9 Å². The molecule has 188 valence electrons. The number of hydrogen-bond donors (Lipinski definition) is 0. The molecule has 38 heavy (non-hydrogen) atoms. The second-order valence-corrected chi connectivity index (χ2v) is 9.89. The zero-order valence-corrected chi connectivity index (χ0v) is 21.6. The SMILES string of the molecule is COc1cc2c(cc1OC)C1C(C=C2c2ccc(-c3ccccc3)cc2)c2ccc3c(c2C=[N+]1C)OCO3. The summed E-state index contributed by atoms with van der Waals surface area (Å²) in [6.07, 6.45) is 4.58. The molecule has 2 atom stereocenters. The molecule has 0 spiro atoms. The fourth-order valence-corrected chi connectivity index (χ4v) is 6.10. The van der Waals surface area contributed by atoms with Gasteiger partial charge in [0.2, 0.25) is 6.79 Å². The van der Waals surface area contributed by atoms with E-state index in [9.17, 15) is 0 Å². The quantitative estimate of drug-likeness (QED) is 0.301. The topological polar surface area (TPSA) is 39.9 Å². The van der Waals surface area contributed by atoms with Gasteiger partial charge in [0.1, 0.15) is 7.05 Å². The first-order chi connectivity index (χ1) is 18.7. The van der Waals surface area contributed by atoms with E-state index >= 15 is 0 Å². The van der Waals surface area contributed by atoms with Gasteiger partial charge in [-0.2, -0.15) is 0 Å². The van der Waals surface area contributed by atoms with Crippen molar-refractivity contribution in [1.82, 2.24) is 0 Å². The summed E-state index contributed by atoms with van der Waals surface area (Å²) in [5, 5.41) is 0. The van der Waals surface area contributed by atoms with Crippen molar-refractivity contribution in [2.75, 3.05) is 28.1 Å². The van der Waals surface area contributed by atoms with Crippen molar-refractivity contribution in [2.24, 2.45) is 0 Å². The van der Waals surface area contributed by atoms with Crippen molar-refractivity contribution in [1.29, 1.82) is 0 Å². The normalized spacial score (nSPS) is 18.5. The second-order valence-electron chi connectivity index (χ2n) is 9.89. The minimum atomic E-state index is 0.102. The van der Waals surface area contributed by atoms with Crippen LogP contribution in [0.1, 0.15) is 39.8 Å². The Morgan fingerprint density at radius 1 is 0.763 bits per heavy atom. The van der Waals surface area contributed by atoms with E-state index in [4.69, 9.17) is 18.9 Å². The van der Waals surface area contributed by atoms with E-state index in [0.29, 0.717) is 0 Å². The van der Waals surface area contributed by atoms with Crippen LogP contribution >= 0.6 is 0 Å². The number of ether oxygens (including phenoxy) is 4. The largest absolute Gasteiger partial charge is 0.493 e. The van der Waals surface area contributed by atoms with Crippen molar-refractivity contribution < 1.29 is 23.5 Å².